The number of likely N-dealkylation sites (N-methyl/N-ethyl adjacent to an activating group) is 1. The number of primary amides is 1. The average Bonchev–Trinajstić information content (AvgIpc) is 2.87. The number of carbonyl (C=O) groups is 2. The Labute approximate surface area is 109 Å². The Morgan fingerprint density at radius 2 is 2.12 bits per heavy atom. The highest BCUT2D eigenvalue weighted by Gasteiger charge is 2.27. The molecule has 98 valence electrons. The third-order valence-electron chi connectivity index (χ3n) is 2.45. The number of amides is 1. The van der Waals surface area contributed by atoms with Gasteiger partial charge >= 0.3 is 5.97 Å². The molecule has 0 bridgehead atoms. The van der Waals surface area contributed by atoms with Crippen LogP contribution < -0.4 is 11.1 Å². The van der Waals surface area contributed by atoms with Gasteiger partial charge in [0, 0.05) is 23.3 Å². The number of thioether (sulfide) groups is 2. The van der Waals surface area contributed by atoms with Crippen LogP contribution in [0.3, 0.4) is 0 Å². The van der Waals surface area contributed by atoms with E-state index in [4.69, 9.17) is 10.8 Å². The second-order valence-corrected chi connectivity index (χ2v) is 5.82. The van der Waals surface area contributed by atoms with Crippen molar-refractivity contribution in [1.29, 1.82) is 0 Å². The van der Waals surface area contributed by atoms with E-state index in [-0.39, 0.29) is 18.0 Å². The molecule has 2 rings (SSSR count). The zero-order chi connectivity index (χ0) is 12.8. The number of nitrogens with two attached hydrogens (primary N) is 1. The highest BCUT2D eigenvalue weighted by atomic mass is 32.2. The molecule has 0 aromatic heterocycles. The van der Waals surface area contributed by atoms with Crippen molar-refractivity contribution in [3.8, 4) is 0 Å². The van der Waals surface area contributed by atoms with Crippen molar-refractivity contribution in [3.63, 3.8) is 0 Å². The van der Waals surface area contributed by atoms with Crippen LogP contribution in [-0.4, -0.2) is 64.3 Å². The molecule has 17 heavy (non-hydrogen) atoms. The average molecular weight is 279 g/mol. The van der Waals surface area contributed by atoms with Crippen LogP contribution in [0.4, 0.5) is 0 Å². The maximum absolute atomic E-state index is 10.4. The van der Waals surface area contributed by atoms with Gasteiger partial charge in [0.15, 0.2) is 0 Å². The van der Waals surface area contributed by atoms with E-state index in [1.165, 1.54) is 0 Å². The number of carbonyl (C=O) groups excluding carboxylic acids is 1. The smallest absolute Gasteiger partial charge is 0.321 e. The van der Waals surface area contributed by atoms with Gasteiger partial charge in [-0.25, -0.2) is 0 Å². The molecule has 0 unspecified atom stereocenters. The SMILES string of the molecule is CN1CSC[C@H]1C(=O)O.NC(=O)[C@@H]1CSCN1. The molecule has 0 radical (unpaired) electrons. The van der Waals surface area contributed by atoms with Crippen LogP contribution >= 0.6 is 23.5 Å². The molecule has 0 spiro atoms. The molecule has 2 atom stereocenters. The van der Waals surface area contributed by atoms with Gasteiger partial charge in [-0.2, -0.15) is 0 Å². The van der Waals surface area contributed by atoms with Gasteiger partial charge in [-0.15, -0.1) is 23.5 Å². The van der Waals surface area contributed by atoms with Crippen molar-refractivity contribution < 1.29 is 14.7 Å². The minimum atomic E-state index is -0.706. The fourth-order valence-electron chi connectivity index (χ4n) is 1.36. The van der Waals surface area contributed by atoms with Gasteiger partial charge in [-0.05, 0) is 7.05 Å². The van der Waals surface area contributed by atoms with Crippen molar-refractivity contribution in [2.24, 2.45) is 5.73 Å². The summed E-state index contributed by atoms with van der Waals surface area (Å²) in [6.07, 6.45) is 0. The minimum absolute atomic E-state index is 0.0833. The van der Waals surface area contributed by atoms with Crippen molar-refractivity contribution >= 4 is 35.4 Å². The van der Waals surface area contributed by atoms with Gasteiger partial charge in [-0.1, -0.05) is 0 Å². The summed E-state index contributed by atoms with van der Waals surface area (Å²) in [7, 11) is 1.83. The number of carboxylic acid groups (broad SMARTS) is 1. The molecule has 4 N–H and O–H groups in total. The second kappa shape index (κ2) is 7.10. The monoisotopic (exact) mass is 279 g/mol. The summed E-state index contributed by atoms with van der Waals surface area (Å²) in [6, 6.07) is -0.338. The van der Waals surface area contributed by atoms with E-state index in [9.17, 15) is 9.59 Å². The van der Waals surface area contributed by atoms with Crippen LogP contribution in [-0.2, 0) is 9.59 Å². The Morgan fingerprint density at radius 3 is 2.35 bits per heavy atom. The highest BCUT2D eigenvalue weighted by molar-refractivity contribution is 7.99. The maximum Gasteiger partial charge on any atom is 0.321 e. The first-order valence-corrected chi connectivity index (χ1v) is 7.44. The number of nitrogens with zero attached hydrogens (tertiary/aromatic N) is 1. The summed E-state index contributed by atoms with van der Waals surface area (Å²) in [5, 5.41) is 11.5. The molecule has 0 aromatic carbocycles. The first-order chi connectivity index (χ1) is 8.02. The van der Waals surface area contributed by atoms with E-state index in [1.54, 1.807) is 23.5 Å². The molecular weight excluding hydrogens is 262 g/mol. The molecule has 6 nitrogen and oxygen atoms in total. The number of rotatable bonds is 2. The summed E-state index contributed by atoms with van der Waals surface area (Å²) in [6.45, 7) is 0. The lowest BCUT2D eigenvalue weighted by atomic mass is 10.3. The number of hydrogen-bond donors (Lipinski definition) is 3. The van der Waals surface area contributed by atoms with Crippen molar-refractivity contribution in [2.45, 2.75) is 12.1 Å². The molecule has 0 saturated carbocycles. The van der Waals surface area contributed by atoms with E-state index in [1.807, 2.05) is 11.9 Å². The van der Waals surface area contributed by atoms with Gasteiger partial charge in [0.05, 0.1) is 6.04 Å². The normalized spacial score (nSPS) is 28.5. The van der Waals surface area contributed by atoms with Crippen molar-refractivity contribution in [2.75, 3.05) is 30.3 Å². The van der Waals surface area contributed by atoms with E-state index in [0.717, 1.165) is 23.3 Å². The van der Waals surface area contributed by atoms with E-state index in [2.05, 4.69) is 5.32 Å². The lowest BCUT2D eigenvalue weighted by Crippen LogP contribution is -2.38. The minimum Gasteiger partial charge on any atom is -0.480 e. The van der Waals surface area contributed by atoms with Crippen LogP contribution in [0.2, 0.25) is 0 Å². The molecule has 1 amide bonds. The van der Waals surface area contributed by atoms with Gasteiger partial charge in [0.2, 0.25) is 5.91 Å². The Balaban J connectivity index is 0.000000171. The number of aliphatic carboxylic acids is 1. The Morgan fingerprint density at radius 1 is 1.41 bits per heavy atom. The Kier molecular flexibility index (Phi) is 6.10. The second-order valence-electron chi connectivity index (χ2n) is 3.79. The summed E-state index contributed by atoms with van der Waals surface area (Å²) >= 11 is 3.36. The van der Waals surface area contributed by atoms with Crippen molar-refractivity contribution in [3.05, 3.63) is 0 Å². The van der Waals surface area contributed by atoms with Crippen LogP contribution in [0, 0.1) is 0 Å². The van der Waals surface area contributed by atoms with Crippen molar-refractivity contribution in [1.82, 2.24) is 10.2 Å². The van der Waals surface area contributed by atoms with Gasteiger partial charge < -0.3 is 10.8 Å². The quantitative estimate of drug-likeness (QED) is 0.609. The fraction of sp³-hybridized carbons (Fsp3) is 0.778. The molecule has 2 aliphatic rings. The summed E-state index contributed by atoms with van der Waals surface area (Å²) in [4.78, 5) is 22.5. The first kappa shape index (κ1) is 14.6. The largest absolute Gasteiger partial charge is 0.480 e. The molecule has 2 fully saturated rings. The highest BCUT2D eigenvalue weighted by Crippen LogP contribution is 2.18. The molecule has 2 saturated heterocycles. The molecule has 0 aliphatic carbocycles. The third kappa shape index (κ3) is 4.74. The zero-order valence-corrected chi connectivity index (χ0v) is 11.2. The molecular formula is C9H17N3O3S2. The van der Waals surface area contributed by atoms with Crippen LogP contribution in [0.5, 0.6) is 0 Å². The van der Waals surface area contributed by atoms with E-state index < -0.39 is 5.97 Å². The predicted molar refractivity (Wildman–Crippen MR) is 70.0 cm³/mol. The topological polar surface area (TPSA) is 95.7 Å². The van der Waals surface area contributed by atoms with E-state index in [0.29, 0.717) is 0 Å². The lowest BCUT2D eigenvalue weighted by molar-refractivity contribution is -0.141. The van der Waals surface area contributed by atoms with Gasteiger partial charge in [0.1, 0.15) is 6.04 Å². The molecule has 8 heteroatoms. The Bertz CT molecular complexity index is 285. The zero-order valence-electron chi connectivity index (χ0n) is 9.59. The Hall–Kier alpha value is -0.440. The first-order valence-electron chi connectivity index (χ1n) is 5.13. The van der Waals surface area contributed by atoms with E-state index >= 15 is 0 Å². The van der Waals surface area contributed by atoms with Crippen LogP contribution in [0.25, 0.3) is 0 Å². The molecule has 0 aromatic rings. The molecule has 2 aliphatic heterocycles. The maximum atomic E-state index is 10.4. The summed E-state index contributed by atoms with van der Waals surface area (Å²) < 4.78 is 0. The lowest BCUT2D eigenvalue weighted by Gasteiger charge is -2.11. The van der Waals surface area contributed by atoms with Gasteiger partial charge in [-0.3, -0.25) is 19.8 Å². The van der Waals surface area contributed by atoms with Crippen LogP contribution in [0.15, 0.2) is 0 Å². The third-order valence-corrected chi connectivity index (χ3v) is 4.53. The fourth-order valence-corrected chi connectivity index (χ4v) is 3.51. The summed E-state index contributed by atoms with van der Waals surface area (Å²) in [5.74, 6) is 2.31. The van der Waals surface area contributed by atoms with Crippen LogP contribution in [0.1, 0.15) is 0 Å². The van der Waals surface area contributed by atoms with Gasteiger partial charge in [0.25, 0.3) is 0 Å². The standard InChI is InChI=1S/C5H9NO2S.C4H8N2OS/c1-6-3-9-2-4(6)5(7)8;5-4(7)3-1-8-2-6-3/h4H,2-3H2,1H3,(H,7,8);3,6H,1-2H2,(H2,5,7)/t4-;3-/m00/s1. The number of carboxylic acids is 1. The number of nitrogens with one attached hydrogen (secondary N) is 1. The number of hydrogen-bond acceptors (Lipinski definition) is 6. The summed E-state index contributed by atoms with van der Waals surface area (Å²) in [5.41, 5.74) is 4.98. The molecule has 2 heterocycles. The predicted octanol–water partition coefficient (Wildman–Crippen LogP) is -0.790.